The molecule has 0 fully saturated rings. The molecule has 0 aliphatic heterocycles. The van der Waals surface area contributed by atoms with Gasteiger partial charge in [0.05, 0.1) is 16.3 Å². The highest BCUT2D eigenvalue weighted by Crippen LogP contribution is 2.20. The lowest BCUT2D eigenvalue weighted by atomic mass is 10.2. The number of rotatable bonds is 8. The number of pyridine rings is 1. The Morgan fingerprint density at radius 3 is 2.67 bits per heavy atom. The number of hydrogen-bond acceptors (Lipinski definition) is 6. The Morgan fingerprint density at radius 1 is 1.42 bits per heavy atom. The third kappa shape index (κ3) is 6.08. The molecule has 0 unspecified atom stereocenters. The van der Waals surface area contributed by atoms with Crippen LogP contribution in [0.4, 0.5) is 0 Å². The molecule has 8 heteroatoms. The number of H-pyrrole nitrogens is 1. The number of nitrogens with zero attached hydrogens (tertiary/aromatic N) is 1. The lowest BCUT2D eigenvalue weighted by Gasteiger charge is -2.14. The van der Waals surface area contributed by atoms with Gasteiger partial charge in [0, 0.05) is 12.1 Å². The third-order valence-electron chi connectivity index (χ3n) is 3.37. The third-order valence-corrected chi connectivity index (χ3v) is 4.34. The number of thioether (sulfide) groups is 1. The Bertz CT molecular complexity index is 690. The Balaban J connectivity index is 2.52. The van der Waals surface area contributed by atoms with Crippen LogP contribution >= 0.6 is 11.8 Å². The highest BCUT2D eigenvalue weighted by molar-refractivity contribution is 7.99. The maximum atomic E-state index is 11.7. The molecule has 0 spiro atoms. The van der Waals surface area contributed by atoms with E-state index in [1.54, 1.807) is 6.92 Å². The van der Waals surface area contributed by atoms with E-state index in [1.165, 1.54) is 6.07 Å². The zero-order valence-electron chi connectivity index (χ0n) is 14.0. The van der Waals surface area contributed by atoms with Gasteiger partial charge in [-0.25, -0.2) is 0 Å². The summed E-state index contributed by atoms with van der Waals surface area (Å²) in [5.74, 6) is -1.04. The van der Waals surface area contributed by atoms with Crippen LogP contribution in [0, 0.1) is 18.3 Å². The van der Waals surface area contributed by atoms with Crippen molar-refractivity contribution in [3.8, 4) is 6.07 Å². The van der Waals surface area contributed by atoms with Crippen molar-refractivity contribution in [2.75, 3.05) is 12.4 Å². The molecular weight excluding hydrogens is 330 g/mol. The first-order valence-electron chi connectivity index (χ1n) is 7.63. The minimum Gasteiger partial charge on any atom is -0.455 e. The number of esters is 1. The summed E-state index contributed by atoms with van der Waals surface area (Å²) in [5, 5.41) is 12.2. The van der Waals surface area contributed by atoms with Gasteiger partial charge in [0.1, 0.15) is 6.07 Å². The second kappa shape index (κ2) is 9.78. The highest BCUT2D eigenvalue weighted by Gasteiger charge is 2.14. The van der Waals surface area contributed by atoms with E-state index in [4.69, 9.17) is 10.00 Å². The van der Waals surface area contributed by atoms with Crippen molar-refractivity contribution in [3.05, 3.63) is 27.5 Å². The van der Waals surface area contributed by atoms with Crippen LogP contribution < -0.4 is 10.9 Å². The normalized spacial score (nSPS) is 10.3. The molecule has 7 nitrogen and oxygen atoms in total. The van der Waals surface area contributed by atoms with Crippen LogP contribution in [-0.4, -0.2) is 35.3 Å². The van der Waals surface area contributed by atoms with E-state index >= 15 is 0 Å². The molecule has 0 radical (unpaired) electrons. The SMILES string of the molecule is CCC(CC)NC(=O)COC(=O)CSc1[nH]c(=O)cc(C)c1C#N. The molecule has 0 aliphatic carbocycles. The van der Waals surface area contributed by atoms with Crippen molar-refractivity contribution in [2.45, 2.75) is 44.7 Å². The molecule has 0 aliphatic rings. The van der Waals surface area contributed by atoms with Gasteiger partial charge in [0.2, 0.25) is 5.56 Å². The first-order valence-corrected chi connectivity index (χ1v) is 8.61. The van der Waals surface area contributed by atoms with Crippen molar-refractivity contribution < 1.29 is 14.3 Å². The predicted octanol–water partition coefficient (Wildman–Crippen LogP) is 1.50. The van der Waals surface area contributed by atoms with E-state index in [9.17, 15) is 14.4 Å². The Labute approximate surface area is 144 Å². The number of nitriles is 1. The first-order chi connectivity index (χ1) is 11.4. The highest BCUT2D eigenvalue weighted by atomic mass is 32.2. The molecule has 0 saturated carbocycles. The fourth-order valence-corrected chi connectivity index (χ4v) is 2.86. The molecule has 2 N–H and O–H groups in total. The first kappa shape index (κ1) is 19.8. The Hall–Kier alpha value is -2.27. The maximum Gasteiger partial charge on any atom is 0.316 e. The van der Waals surface area contributed by atoms with Gasteiger partial charge >= 0.3 is 5.97 Å². The fraction of sp³-hybridized carbons (Fsp3) is 0.500. The molecule has 1 rings (SSSR count). The van der Waals surface area contributed by atoms with Crippen LogP contribution in [0.5, 0.6) is 0 Å². The number of aromatic nitrogens is 1. The average molecular weight is 351 g/mol. The monoisotopic (exact) mass is 351 g/mol. The van der Waals surface area contributed by atoms with E-state index in [-0.39, 0.29) is 29.9 Å². The minimum absolute atomic E-state index is 0.0705. The zero-order valence-corrected chi connectivity index (χ0v) is 14.8. The standard InChI is InChI=1S/C16H21N3O4S/c1-4-11(5-2)18-14(21)8-23-15(22)9-24-16-12(7-17)10(3)6-13(20)19-16/h6,11H,4-5,8-9H2,1-3H3,(H,18,21)(H,19,20). The summed E-state index contributed by atoms with van der Waals surface area (Å²) in [6.45, 7) is 5.24. The molecule has 24 heavy (non-hydrogen) atoms. The van der Waals surface area contributed by atoms with E-state index in [0.29, 0.717) is 16.2 Å². The minimum atomic E-state index is -0.592. The van der Waals surface area contributed by atoms with Crippen LogP contribution in [0.25, 0.3) is 0 Å². The topological polar surface area (TPSA) is 112 Å². The summed E-state index contributed by atoms with van der Waals surface area (Å²) in [6.07, 6.45) is 1.62. The second-order valence-electron chi connectivity index (χ2n) is 5.16. The molecule has 1 aromatic heterocycles. The van der Waals surface area contributed by atoms with E-state index < -0.39 is 5.97 Å². The second-order valence-corrected chi connectivity index (χ2v) is 6.15. The summed E-state index contributed by atoms with van der Waals surface area (Å²) in [5.41, 5.74) is 0.521. The largest absolute Gasteiger partial charge is 0.455 e. The number of aromatic amines is 1. The lowest BCUT2D eigenvalue weighted by Crippen LogP contribution is -2.37. The smallest absolute Gasteiger partial charge is 0.316 e. The molecule has 1 heterocycles. The van der Waals surface area contributed by atoms with Gasteiger partial charge in [-0.05, 0) is 25.3 Å². The molecule has 0 saturated heterocycles. The van der Waals surface area contributed by atoms with Crippen molar-refractivity contribution in [1.29, 1.82) is 5.26 Å². The van der Waals surface area contributed by atoms with Crippen molar-refractivity contribution in [2.24, 2.45) is 0 Å². The van der Waals surface area contributed by atoms with Gasteiger partial charge in [-0.2, -0.15) is 5.26 Å². The number of aryl methyl sites for hydroxylation is 1. The fourth-order valence-electron chi connectivity index (χ4n) is 1.99. The average Bonchev–Trinajstić information content (AvgIpc) is 2.55. The summed E-state index contributed by atoms with van der Waals surface area (Å²) >= 11 is 0.998. The number of carbonyl (C=O) groups excluding carboxylic acids is 2. The van der Waals surface area contributed by atoms with Gasteiger partial charge in [0.25, 0.3) is 5.91 Å². The number of ether oxygens (including phenoxy) is 1. The summed E-state index contributed by atoms with van der Waals surface area (Å²) in [6, 6.07) is 3.39. The zero-order chi connectivity index (χ0) is 18.1. The number of amides is 1. The van der Waals surface area contributed by atoms with E-state index in [0.717, 1.165) is 24.6 Å². The van der Waals surface area contributed by atoms with Crippen LogP contribution in [0.15, 0.2) is 15.9 Å². The molecule has 0 atom stereocenters. The molecule has 0 aromatic carbocycles. The van der Waals surface area contributed by atoms with Crippen molar-refractivity contribution in [1.82, 2.24) is 10.3 Å². The van der Waals surface area contributed by atoms with Crippen LogP contribution in [0.2, 0.25) is 0 Å². The number of nitrogens with one attached hydrogen (secondary N) is 2. The summed E-state index contributed by atoms with van der Waals surface area (Å²) in [7, 11) is 0. The van der Waals surface area contributed by atoms with E-state index in [2.05, 4.69) is 10.3 Å². The van der Waals surface area contributed by atoms with Crippen LogP contribution in [0.1, 0.15) is 37.8 Å². The quantitative estimate of drug-likeness (QED) is 0.542. The van der Waals surface area contributed by atoms with Crippen LogP contribution in [0.3, 0.4) is 0 Å². The van der Waals surface area contributed by atoms with Crippen molar-refractivity contribution >= 4 is 23.6 Å². The van der Waals surface area contributed by atoms with Gasteiger partial charge < -0.3 is 15.0 Å². The van der Waals surface area contributed by atoms with Crippen molar-refractivity contribution in [3.63, 3.8) is 0 Å². The van der Waals surface area contributed by atoms with Gasteiger partial charge in [-0.3, -0.25) is 14.4 Å². The number of carbonyl (C=O) groups is 2. The number of hydrogen-bond donors (Lipinski definition) is 2. The van der Waals surface area contributed by atoms with Gasteiger partial charge in [0.15, 0.2) is 6.61 Å². The molecule has 1 amide bonds. The molecule has 130 valence electrons. The molecule has 1 aromatic rings. The predicted molar refractivity (Wildman–Crippen MR) is 90.7 cm³/mol. The molecule has 0 bridgehead atoms. The Morgan fingerprint density at radius 2 is 2.08 bits per heavy atom. The van der Waals surface area contributed by atoms with E-state index in [1.807, 2.05) is 19.9 Å². The molecular formula is C16H21N3O4S. The summed E-state index contributed by atoms with van der Waals surface area (Å²) < 4.78 is 4.90. The van der Waals surface area contributed by atoms with Gasteiger partial charge in [-0.1, -0.05) is 25.6 Å². The maximum absolute atomic E-state index is 11.7. The lowest BCUT2D eigenvalue weighted by molar-refractivity contribution is -0.146. The summed E-state index contributed by atoms with van der Waals surface area (Å²) in [4.78, 5) is 37.3. The van der Waals surface area contributed by atoms with Crippen LogP contribution in [-0.2, 0) is 14.3 Å². The Kier molecular flexibility index (Phi) is 8.06. The van der Waals surface area contributed by atoms with Gasteiger partial charge in [-0.15, -0.1) is 0 Å².